The third-order valence-electron chi connectivity index (χ3n) is 3.82. The lowest BCUT2D eigenvalue weighted by molar-refractivity contribution is -0.139. The van der Waals surface area contributed by atoms with Gasteiger partial charge in [-0.25, -0.2) is 0 Å². The minimum Gasteiger partial charge on any atom is -0.489 e. The Balaban J connectivity index is 2.01. The van der Waals surface area contributed by atoms with Crippen LogP contribution >= 0.6 is 35.0 Å². The lowest BCUT2D eigenvalue weighted by atomic mass is 10.1. The number of thioether (sulfide) groups is 1. The van der Waals surface area contributed by atoms with Crippen molar-refractivity contribution in [2.75, 3.05) is 12.0 Å². The van der Waals surface area contributed by atoms with E-state index < -0.39 is 12.0 Å². The zero-order chi connectivity index (χ0) is 18.9. The van der Waals surface area contributed by atoms with Gasteiger partial charge < -0.3 is 15.2 Å². The number of rotatable bonds is 10. The van der Waals surface area contributed by atoms with E-state index in [0.29, 0.717) is 35.4 Å². The third-order valence-corrected chi connectivity index (χ3v) is 5.05. The van der Waals surface area contributed by atoms with Crippen molar-refractivity contribution < 1.29 is 14.6 Å². The van der Waals surface area contributed by atoms with Crippen LogP contribution in [0.25, 0.3) is 0 Å². The first-order chi connectivity index (χ1) is 12.5. The molecule has 26 heavy (non-hydrogen) atoms. The van der Waals surface area contributed by atoms with E-state index in [2.05, 4.69) is 5.32 Å². The maximum atomic E-state index is 11.4. The van der Waals surface area contributed by atoms with E-state index in [0.717, 1.165) is 16.9 Å². The van der Waals surface area contributed by atoms with Gasteiger partial charge in [0.05, 0.1) is 0 Å². The van der Waals surface area contributed by atoms with Crippen molar-refractivity contribution in [3.63, 3.8) is 0 Å². The molecule has 140 valence electrons. The van der Waals surface area contributed by atoms with Crippen LogP contribution < -0.4 is 10.1 Å². The summed E-state index contributed by atoms with van der Waals surface area (Å²) in [6, 6.07) is 12.2. The molecule has 2 aromatic carbocycles. The highest BCUT2D eigenvalue weighted by Crippen LogP contribution is 2.24. The van der Waals surface area contributed by atoms with Crippen LogP contribution in [0.2, 0.25) is 10.0 Å². The van der Waals surface area contributed by atoms with Crippen molar-refractivity contribution >= 4 is 40.9 Å². The number of benzene rings is 2. The fraction of sp³-hybridized carbons (Fsp3) is 0.316. The number of aliphatic carboxylic acids is 1. The Hall–Kier alpha value is -1.40. The standard InChI is InChI=1S/C19H21Cl2NO3S/c1-26-9-8-17(19(23)24)22-11-13-4-2-3-5-18(13)25-12-14-6-7-15(20)10-16(14)21/h2-7,10,17,22H,8-9,11-12H2,1H3,(H,23,24). The number of carbonyl (C=O) groups is 1. The van der Waals surface area contributed by atoms with Crippen LogP contribution in [0, 0.1) is 0 Å². The Morgan fingerprint density at radius 1 is 1.23 bits per heavy atom. The molecule has 2 N–H and O–H groups in total. The molecule has 0 aliphatic carbocycles. The second-order valence-corrected chi connectivity index (χ2v) is 7.51. The predicted octanol–water partition coefficient (Wildman–Crippen LogP) is 4.87. The Morgan fingerprint density at radius 3 is 2.69 bits per heavy atom. The molecule has 2 rings (SSSR count). The summed E-state index contributed by atoms with van der Waals surface area (Å²) in [5, 5.41) is 13.5. The first-order valence-electron chi connectivity index (χ1n) is 8.11. The molecule has 0 radical (unpaired) electrons. The summed E-state index contributed by atoms with van der Waals surface area (Å²) in [5.41, 5.74) is 1.73. The molecule has 0 saturated carbocycles. The SMILES string of the molecule is CSCCC(NCc1ccccc1OCc1ccc(Cl)cc1Cl)C(=O)O. The molecule has 0 aliphatic heterocycles. The van der Waals surface area contributed by atoms with Gasteiger partial charge in [-0.2, -0.15) is 11.8 Å². The molecule has 1 atom stereocenters. The van der Waals surface area contributed by atoms with Crippen molar-refractivity contribution in [3.8, 4) is 5.75 Å². The van der Waals surface area contributed by atoms with E-state index in [9.17, 15) is 9.90 Å². The van der Waals surface area contributed by atoms with Crippen molar-refractivity contribution in [3.05, 3.63) is 63.6 Å². The van der Waals surface area contributed by atoms with Crippen LogP contribution in [0.15, 0.2) is 42.5 Å². The fourth-order valence-corrected chi connectivity index (χ4v) is 3.30. The Morgan fingerprint density at radius 2 is 2.00 bits per heavy atom. The topological polar surface area (TPSA) is 58.6 Å². The lowest BCUT2D eigenvalue weighted by Gasteiger charge is -2.16. The fourth-order valence-electron chi connectivity index (χ4n) is 2.37. The minimum absolute atomic E-state index is 0.307. The third kappa shape index (κ3) is 6.40. The van der Waals surface area contributed by atoms with Crippen LogP contribution in [-0.4, -0.2) is 29.1 Å². The zero-order valence-electron chi connectivity index (χ0n) is 14.4. The Kier molecular flexibility index (Phi) is 8.59. The van der Waals surface area contributed by atoms with Crippen LogP contribution in [-0.2, 0) is 17.9 Å². The maximum absolute atomic E-state index is 11.4. The molecule has 0 amide bonds. The van der Waals surface area contributed by atoms with Gasteiger partial charge in [0, 0.05) is 27.7 Å². The van der Waals surface area contributed by atoms with Crippen molar-refractivity contribution in [2.24, 2.45) is 0 Å². The molecule has 1 unspecified atom stereocenters. The minimum atomic E-state index is -0.842. The molecule has 0 bridgehead atoms. The van der Waals surface area contributed by atoms with Gasteiger partial charge >= 0.3 is 5.97 Å². The first-order valence-corrected chi connectivity index (χ1v) is 10.3. The molecular weight excluding hydrogens is 393 g/mol. The number of para-hydroxylation sites is 1. The average Bonchev–Trinajstić information content (AvgIpc) is 2.61. The monoisotopic (exact) mass is 413 g/mol. The first kappa shape index (κ1) is 20.9. The van der Waals surface area contributed by atoms with Crippen molar-refractivity contribution in [1.29, 1.82) is 0 Å². The Bertz CT molecular complexity index is 742. The summed E-state index contributed by atoms with van der Waals surface area (Å²) >= 11 is 13.7. The molecule has 4 nitrogen and oxygen atoms in total. The van der Waals surface area contributed by atoms with Gasteiger partial charge in [-0.1, -0.05) is 47.5 Å². The number of hydrogen-bond acceptors (Lipinski definition) is 4. The van der Waals surface area contributed by atoms with Gasteiger partial charge in [-0.05, 0) is 36.6 Å². The quantitative estimate of drug-likeness (QED) is 0.581. The molecule has 7 heteroatoms. The summed E-state index contributed by atoms with van der Waals surface area (Å²) in [6.07, 6.45) is 2.53. The molecule has 0 fully saturated rings. The molecule has 0 aromatic heterocycles. The largest absolute Gasteiger partial charge is 0.489 e. The Labute approximate surface area is 167 Å². The predicted molar refractivity (Wildman–Crippen MR) is 108 cm³/mol. The second-order valence-electron chi connectivity index (χ2n) is 5.69. The second kappa shape index (κ2) is 10.7. The van der Waals surface area contributed by atoms with Gasteiger partial charge in [0.2, 0.25) is 0 Å². The summed E-state index contributed by atoms with van der Waals surface area (Å²) in [4.78, 5) is 11.4. The number of nitrogens with one attached hydrogen (secondary N) is 1. The summed E-state index contributed by atoms with van der Waals surface area (Å²) < 4.78 is 5.90. The van der Waals surface area contributed by atoms with Gasteiger partial charge in [0.1, 0.15) is 18.4 Å². The van der Waals surface area contributed by atoms with E-state index in [-0.39, 0.29) is 0 Å². The van der Waals surface area contributed by atoms with Crippen LogP contribution in [0.5, 0.6) is 5.75 Å². The normalized spacial score (nSPS) is 12.0. The average molecular weight is 414 g/mol. The number of ether oxygens (including phenoxy) is 1. The molecular formula is C19H21Cl2NO3S. The molecule has 0 saturated heterocycles. The molecule has 0 aliphatic rings. The van der Waals surface area contributed by atoms with Gasteiger partial charge in [-0.3, -0.25) is 4.79 Å². The highest BCUT2D eigenvalue weighted by atomic mass is 35.5. The van der Waals surface area contributed by atoms with Crippen LogP contribution in [0.4, 0.5) is 0 Å². The highest BCUT2D eigenvalue weighted by Gasteiger charge is 2.17. The molecule has 0 spiro atoms. The molecule has 2 aromatic rings. The lowest BCUT2D eigenvalue weighted by Crippen LogP contribution is -2.36. The van der Waals surface area contributed by atoms with Gasteiger partial charge in [-0.15, -0.1) is 0 Å². The van der Waals surface area contributed by atoms with E-state index in [1.807, 2.05) is 36.6 Å². The summed E-state index contributed by atoms with van der Waals surface area (Å²) in [6.45, 7) is 0.720. The molecule has 0 heterocycles. The van der Waals surface area contributed by atoms with E-state index in [1.165, 1.54) is 0 Å². The van der Waals surface area contributed by atoms with E-state index in [4.69, 9.17) is 27.9 Å². The van der Waals surface area contributed by atoms with E-state index >= 15 is 0 Å². The number of halogens is 2. The smallest absolute Gasteiger partial charge is 0.320 e. The number of carboxylic acids is 1. The van der Waals surface area contributed by atoms with Crippen LogP contribution in [0.1, 0.15) is 17.5 Å². The number of carboxylic acid groups (broad SMARTS) is 1. The maximum Gasteiger partial charge on any atom is 0.320 e. The highest BCUT2D eigenvalue weighted by molar-refractivity contribution is 7.98. The van der Waals surface area contributed by atoms with Gasteiger partial charge in [0.15, 0.2) is 0 Å². The zero-order valence-corrected chi connectivity index (χ0v) is 16.7. The van der Waals surface area contributed by atoms with Crippen molar-refractivity contribution in [2.45, 2.75) is 25.6 Å². The van der Waals surface area contributed by atoms with Crippen LogP contribution in [0.3, 0.4) is 0 Å². The number of hydrogen-bond donors (Lipinski definition) is 2. The van der Waals surface area contributed by atoms with E-state index in [1.54, 1.807) is 23.9 Å². The summed E-state index contributed by atoms with van der Waals surface area (Å²) in [5.74, 6) is 0.641. The van der Waals surface area contributed by atoms with Gasteiger partial charge in [0.25, 0.3) is 0 Å². The summed E-state index contributed by atoms with van der Waals surface area (Å²) in [7, 11) is 0. The van der Waals surface area contributed by atoms with Crippen molar-refractivity contribution in [1.82, 2.24) is 5.32 Å².